The van der Waals surface area contributed by atoms with Crippen LogP contribution in [0.1, 0.15) is 22.3 Å². The second-order valence-electron chi connectivity index (χ2n) is 5.35. The first kappa shape index (κ1) is 15.0. The summed E-state index contributed by atoms with van der Waals surface area (Å²) in [5.74, 6) is 0. The molecule has 0 radical (unpaired) electrons. The number of rotatable bonds is 4. The molecule has 0 saturated carbocycles. The van der Waals surface area contributed by atoms with Gasteiger partial charge in [0.15, 0.2) is 0 Å². The van der Waals surface area contributed by atoms with Crippen LogP contribution in [0.4, 0.5) is 0 Å². The van der Waals surface area contributed by atoms with Crippen molar-refractivity contribution in [2.75, 3.05) is 0 Å². The summed E-state index contributed by atoms with van der Waals surface area (Å²) in [6.07, 6.45) is 0. The normalized spacial score (nSPS) is 11.4. The number of aryl methyl sites for hydroxylation is 1. The minimum Gasteiger partial charge on any atom is -0.345 e. The van der Waals surface area contributed by atoms with E-state index < -0.39 is 5.60 Å². The first-order valence-electron chi connectivity index (χ1n) is 7.34. The van der Waals surface area contributed by atoms with Gasteiger partial charge in [-0.25, -0.2) is 0 Å². The molecular weight excluding hydrogens is 287 g/mol. The summed E-state index contributed by atoms with van der Waals surface area (Å²) in [7, 11) is 2.47. The molecule has 3 aromatic rings. The van der Waals surface area contributed by atoms with Crippen LogP contribution in [0.15, 0.2) is 84.9 Å². The van der Waals surface area contributed by atoms with Gasteiger partial charge in [0.2, 0.25) is 0 Å². The second kappa shape index (κ2) is 6.44. The predicted octanol–water partition coefficient (Wildman–Crippen LogP) is 5.09. The molecule has 110 valence electrons. The maximum atomic E-state index is 6.09. The van der Waals surface area contributed by atoms with Gasteiger partial charge in [-0.3, -0.25) is 0 Å². The minimum absolute atomic E-state index is 0.626. The zero-order valence-corrected chi connectivity index (χ0v) is 13.7. The summed E-state index contributed by atoms with van der Waals surface area (Å²) in [6.45, 7) is 2.12. The van der Waals surface area contributed by atoms with E-state index in [9.17, 15) is 0 Å². The number of benzene rings is 3. The molecule has 0 aromatic heterocycles. The van der Waals surface area contributed by atoms with Crippen molar-refractivity contribution in [1.82, 2.24) is 0 Å². The van der Waals surface area contributed by atoms with Crippen LogP contribution in [0.2, 0.25) is 0 Å². The molecule has 2 heteroatoms. The maximum absolute atomic E-state index is 6.09. The predicted molar refractivity (Wildman–Crippen MR) is 94.7 cm³/mol. The molecule has 0 N–H and O–H groups in total. The molecule has 22 heavy (non-hydrogen) atoms. The lowest BCUT2D eigenvalue weighted by atomic mass is 9.78. The monoisotopic (exact) mass is 306 g/mol. The van der Waals surface area contributed by atoms with Crippen molar-refractivity contribution >= 4 is 9.47 Å². The van der Waals surface area contributed by atoms with Crippen molar-refractivity contribution in [1.29, 1.82) is 0 Å². The third-order valence-electron chi connectivity index (χ3n) is 4.06. The molecule has 1 atom stereocenters. The van der Waals surface area contributed by atoms with Crippen molar-refractivity contribution in [2.24, 2.45) is 0 Å². The van der Waals surface area contributed by atoms with E-state index in [0.717, 1.165) is 16.7 Å². The Bertz CT molecular complexity index is 698. The third kappa shape index (κ3) is 2.47. The van der Waals surface area contributed by atoms with Gasteiger partial charge in [-0.15, -0.1) is 0 Å². The maximum Gasteiger partial charge on any atom is 0.147 e. The average molecular weight is 306 g/mol. The summed E-state index contributed by atoms with van der Waals surface area (Å²) in [5, 5.41) is 0. The average Bonchev–Trinajstić information content (AvgIpc) is 2.59. The van der Waals surface area contributed by atoms with Crippen LogP contribution < -0.4 is 0 Å². The van der Waals surface area contributed by atoms with Gasteiger partial charge >= 0.3 is 0 Å². The van der Waals surface area contributed by atoms with Crippen LogP contribution in [0.25, 0.3) is 0 Å². The Balaban J connectivity index is 2.34. The lowest BCUT2D eigenvalue weighted by molar-refractivity contribution is 0.189. The highest BCUT2D eigenvalue weighted by Crippen LogP contribution is 2.43. The zero-order chi connectivity index (χ0) is 15.4. The highest BCUT2D eigenvalue weighted by atomic mass is 31.0. The Morgan fingerprint density at radius 3 is 1.59 bits per heavy atom. The van der Waals surface area contributed by atoms with Gasteiger partial charge in [-0.1, -0.05) is 84.9 Å². The molecule has 0 spiro atoms. The Labute approximate surface area is 134 Å². The van der Waals surface area contributed by atoms with Gasteiger partial charge in [0.05, 0.1) is 0 Å². The first-order chi connectivity index (χ1) is 10.8. The first-order valence-corrected chi connectivity index (χ1v) is 7.81. The third-order valence-corrected chi connectivity index (χ3v) is 4.42. The summed E-state index contributed by atoms with van der Waals surface area (Å²) < 4.78 is 6.09. The van der Waals surface area contributed by atoms with Crippen molar-refractivity contribution < 1.29 is 4.52 Å². The van der Waals surface area contributed by atoms with Gasteiger partial charge in [0.1, 0.15) is 5.60 Å². The van der Waals surface area contributed by atoms with Gasteiger partial charge in [0, 0.05) is 9.47 Å². The second-order valence-corrected chi connectivity index (χ2v) is 5.58. The molecule has 0 aliphatic rings. The Morgan fingerprint density at radius 2 is 1.14 bits per heavy atom. The Morgan fingerprint density at radius 1 is 0.682 bits per heavy atom. The van der Waals surface area contributed by atoms with E-state index >= 15 is 0 Å². The lowest BCUT2D eigenvalue weighted by Gasteiger charge is -2.35. The molecule has 0 heterocycles. The number of hydrogen-bond donors (Lipinski definition) is 0. The topological polar surface area (TPSA) is 9.23 Å². The zero-order valence-electron chi connectivity index (χ0n) is 12.6. The van der Waals surface area contributed by atoms with E-state index in [-0.39, 0.29) is 0 Å². The lowest BCUT2D eigenvalue weighted by Crippen LogP contribution is -2.30. The van der Waals surface area contributed by atoms with Gasteiger partial charge < -0.3 is 4.52 Å². The molecule has 0 bridgehead atoms. The summed E-state index contributed by atoms with van der Waals surface area (Å²) >= 11 is 0. The van der Waals surface area contributed by atoms with Crippen molar-refractivity contribution in [2.45, 2.75) is 12.5 Å². The number of hydrogen-bond acceptors (Lipinski definition) is 1. The van der Waals surface area contributed by atoms with Crippen molar-refractivity contribution in [3.63, 3.8) is 0 Å². The van der Waals surface area contributed by atoms with E-state index in [1.807, 2.05) is 12.1 Å². The van der Waals surface area contributed by atoms with Crippen LogP contribution in [0, 0.1) is 6.92 Å². The summed E-state index contributed by atoms with van der Waals surface area (Å²) in [4.78, 5) is 0. The molecule has 1 nitrogen and oxygen atoms in total. The van der Waals surface area contributed by atoms with Crippen LogP contribution in [-0.2, 0) is 10.1 Å². The fraction of sp³-hybridized carbons (Fsp3) is 0.100. The van der Waals surface area contributed by atoms with E-state index in [2.05, 4.69) is 89.2 Å². The molecule has 1 unspecified atom stereocenters. The standard InChI is InChI=1S/C20H19OP/c1-16-10-8-9-15-19(16)20(21-22,17-11-4-2-5-12-17)18-13-6-3-7-14-18/h2-15H,22H2,1H3. The van der Waals surface area contributed by atoms with Crippen LogP contribution in [0.5, 0.6) is 0 Å². The quantitative estimate of drug-likeness (QED) is 0.481. The van der Waals surface area contributed by atoms with Crippen molar-refractivity contribution in [3.05, 3.63) is 107 Å². The summed E-state index contributed by atoms with van der Waals surface area (Å²) in [6, 6.07) is 29.1. The van der Waals surface area contributed by atoms with Gasteiger partial charge in [-0.2, -0.15) is 0 Å². The highest BCUT2D eigenvalue weighted by molar-refractivity contribution is 7.09. The molecule has 0 fully saturated rings. The molecule has 0 saturated heterocycles. The van der Waals surface area contributed by atoms with E-state index in [0.29, 0.717) is 0 Å². The fourth-order valence-corrected chi connectivity index (χ4v) is 3.39. The van der Waals surface area contributed by atoms with Crippen LogP contribution in [-0.4, -0.2) is 0 Å². The van der Waals surface area contributed by atoms with E-state index in [4.69, 9.17) is 4.52 Å². The Kier molecular flexibility index (Phi) is 4.38. The largest absolute Gasteiger partial charge is 0.345 e. The van der Waals surface area contributed by atoms with E-state index in [1.54, 1.807) is 0 Å². The van der Waals surface area contributed by atoms with Crippen LogP contribution >= 0.6 is 9.47 Å². The summed E-state index contributed by atoms with van der Waals surface area (Å²) in [5.41, 5.74) is 3.97. The fourth-order valence-electron chi connectivity index (χ4n) is 2.99. The molecular formula is C20H19OP. The molecule has 3 rings (SSSR count). The molecule has 3 aromatic carbocycles. The molecule has 0 amide bonds. The Hall–Kier alpha value is -1.95. The highest BCUT2D eigenvalue weighted by Gasteiger charge is 2.37. The minimum atomic E-state index is -0.626. The van der Waals surface area contributed by atoms with Crippen LogP contribution in [0.3, 0.4) is 0 Å². The molecule has 0 aliphatic carbocycles. The van der Waals surface area contributed by atoms with Gasteiger partial charge in [0.25, 0.3) is 0 Å². The van der Waals surface area contributed by atoms with E-state index in [1.165, 1.54) is 5.56 Å². The molecule has 0 aliphatic heterocycles. The smallest absolute Gasteiger partial charge is 0.147 e. The SMILES string of the molecule is Cc1ccccc1C(OP)(c1ccccc1)c1ccccc1. The van der Waals surface area contributed by atoms with Crippen molar-refractivity contribution in [3.8, 4) is 0 Å². The van der Waals surface area contributed by atoms with Gasteiger partial charge in [-0.05, 0) is 29.2 Å².